The van der Waals surface area contributed by atoms with Crippen molar-refractivity contribution in [1.82, 2.24) is 9.88 Å². The van der Waals surface area contributed by atoms with E-state index in [0.717, 1.165) is 57.8 Å². The van der Waals surface area contributed by atoms with Gasteiger partial charge in [0, 0.05) is 38.9 Å². The van der Waals surface area contributed by atoms with Crippen LogP contribution in [0.2, 0.25) is 0 Å². The largest absolute Gasteiger partial charge is 0.462 e. The highest BCUT2D eigenvalue weighted by molar-refractivity contribution is 5.94. The third-order valence-electron chi connectivity index (χ3n) is 7.03. The summed E-state index contributed by atoms with van der Waals surface area (Å²) < 4.78 is 5.23. The van der Waals surface area contributed by atoms with Crippen molar-refractivity contribution in [2.24, 2.45) is 0 Å². The van der Waals surface area contributed by atoms with Gasteiger partial charge in [-0.1, -0.05) is 54.6 Å². The molecular formula is C30H33N3O2. The van der Waals surface area contributed by atoms with Crippen LogP contribution in [0.1, 0.15) is 46.0 Å². The summed E-state index contributed by atoms with van der Waals surface area (Å²) in [6.45, 7) is 6.83. The van der Waals surface area contributed by atoms with Gasteiger partial charge in [-0.2, -0.15) is 0 Å². The second kappa shape index (κ2) is 10.9. The monoisotopic (exact) mass is 467 g/mol. The van der Waals surface area contributed by atoms with Gasteiger partial charge in [-0.25, -0.2) is 9.78 Å². The molecule has 3 aromatic rings. The summed E-state index contributed by atoms with van der Waals surface area (Å²) in [4.78, 5) is 21.6. The zero-order valence-corrected chi connectivity index (χ0v) is 20.5. The summed E-state index contributed by atoms with van der Waals surface area (Å²) in [7, 11) is 0. The van der Waals surface area contributed by atoms with E-state index in [1.54, 1.807) is 18.3 Å². The van der Waals surface area contributed by atoms with Gasteiger partial charge in [0.2, 0.25) is 0 Å². The topological polar surface area (TPSA) is 45.7 Å². The molecule has 0 amide bonds. The second-order valence-corrected chi connectivity index (χ2v) is 9.14. The summed E-state index contributed by atoms with van der Waals surface area (Å²) in [5, 5.41) is 0. The molecule has 1 saturated heterocycles. The Morgan fingerprint density at radius 2 is 1.57 bits per heavy atom. The average Bonchev–Trinajstić information content (AvgIpc) is 3.06. The van der Waals surface area contributed by atoms with Crippen molar-refractivity contribution < 1.29 is 9.53 Å². The molecule has 1 aromatic heterocycles. The fraction of sp³-hybridized carbons (Fsp3) is 0.333. The van der Waals surface area contributed by atoms with E-state index in [0.29, 0.717) is 12.2 Å². The maximum Gasteiger partial charge on any atom is 0.341 e. The Morgan fingerprint density at radius 3 is 2.23 bits per heavy atom. The predicted molar refractivity (Wildman–Crippen MR) is 141 cm³/mol. The Labute approximate surface area is 208 Å². The number of anilines is 1. The Hall–Kier alpha value is -3.44. The van der Waals surface area contributed by atoms with Crippen LogP contribution >= 0.6 is 0 Å². The normalized spacial score (nSPS) is 15.7. The number of esters is 1. The van der Waals surface area contributed by atoms with Crippen molar-refractivity contribution in [2.45, 2.75) is 26.2 Å². The number of ether oxygens (including phenoxy) is 1. The van der Waals surface area contributed by atoms with E-state index < -0.39 is 0 Å². The SMILES string of the molecule is CCOC(=O)c1cccnc1N1CCN(CCC=C2c3ccccc3CCc3ccccc32)CC1. The number of pyridine rings is 1. The fourth-order valence-electron chi connectivity index (χ4n) is 5.23. The molecule has 0 spiro atoms. The van der Waals surface area contributed by atoms with Gasteiger partial charge in [0.05, 0.1) is 6.61 Å². The van der Waals surface area contributed by atoms with Gasteiger partial charge in [0.25, 0.3) is 0 Å². The molecule has 2 aliphatic rings. The van der Waals surface area contributed by atoms with E-state index in [1.807, 2.05) is 6.92 Å². The lowest BCUT2D eigenvalue weighted by Gasteiger charge is -2.35. The Balaban J connectivity index is 1.25. The lowest BCUT2D eigenvalue weighted by molar-refractivity contribution is 0.0526. The molecule has 180 valence electrons. The lowest BCUT2D eigenvalue weighted by Crippen LogP contribution is -2.47. The molecule has 0 atom stereocenters. The van der Waals surface area contributed by atoms with Crippen LogP contribution in [0.25, 0.3) is 5.57 Å². The first-order valence-electron chi connectivity index (χ1n) is 12.7. The number of aryl methyl sites for hydroxylation is 2. The number of fused-ring (bicyclic) bond motifs is 2. The number of nitrogens with zero attached hydrogens (tertiary/aromatic N) is 3. The van der Waals surface area contributed by atoms with Gasteiger partial charge >= 0.3 is 5.97 Å². The van der Waals surface area contributed by atoms with Gasteiger partial charge in [-0.05, 0) is 66.1 Å². The van der Waals surface area contributed by atoms with Crippen LogP contribution in [0.4, 0.5) is 5.82 Å². The molecule has 5 heteroatoms. The van der Waals surface area contributed by atoms with Crippen LogP contribution in [0.5, 0.6) is 0 Å². The van der Waals surface area contributed by atoms with Crippen LogP contribution in [0, 0.1) is 0 Å². The minimum atomic E-state index is -0.298. The van der Waals surface area contributed by atoms with Crippen molar-refractivity contribution in [3.05, 3.63) is 101 Å². The van der Waals surface area contributed by atoms with Gasteiger partial charge in [-0.15, -0.1) is 0 Å². The second-order valence-electron chi connectivity index (χ2n) is 9.14. The number of hydrogen-bond acceptors (Lipinski definition) is 5. The van der Waals surface area contributed by atoms with Crippen LogP contribution in [-0.4, -0.2) is 55.2 Å². The molecule has 2 heterocycles. The number of aromatic nitrogens is 1. The maximum atomic E-state index is 12.4. The summed E-state index contributed by atoms with van der Waals surface area (Å²) in [6.07, 6.45) is 7.38. The van der Waals surface area contributed by atoms with Crippen molar-refractivity contribution in [3.8, 4) is 0 Å². The smallest absolute Gasteiger partial charge is 0.341 e. The van der Waals surface area contributed by atoms with Crippen molar-refractivity contribution in [2.75, 3.05) is 44.2 Å². The average molecular weight is 468 g/mol. The zero-order chi connectivity index (χ0) is 24.0. The molecule has 0 N–H and O–H groups in total. The van der Waals surface area contributed by atoms with Crippen molar-refractivity contribution >= 4 is 17.4 Å². The van der Waals surface area contributed by atoms with E-state index in [1.165, 1.54) is 27.8 Å². The lowest BCUT2D eigenvalue weighted by atomic mass is 9.93. The molecule has 1 aliphatic carbocycles. The van der Waals surface area contributed by atoms with Gasteiger partial charge in [-0.3, -0.25) is 4.90 Å². The first kappa shape index (κ1) is 23.3. The standard InChI is InChI=1S/C30H33N3O2/c1-2-35-30(34)28-13-7-17-31-29(28)33-21-19-32(20-22-33)18-8-14-27-25-11-5-3-9-23(25)15-16-24-10-4-6-12-26(24)27/h3-7,9-14,17H,2,8,15-16,18-22H2,1H3. The van der Waals surface area contributed by atoms with Gasteiger partial charge in [0.1, 0.15) is 11.4 Å². The highest BCUT2D eigenvalue weighted by Crippen LogP contribution is 2.33. The molecule has 0 bridgehead atoms. The summed E-state index contributed by atoms with van der Waals surface area (Å²) in [5.41, 5.74) is 7.57. The quantitative estimate of drug-likeness (QED) is 0.478. The van der Waals surface area contributed by atoms with Crippen molar-refractivity contribution in [1.29, 1.82) is 0 Å². The minimum Gasteiger partial charge on any atom is -0.462 e. The van der Waals surface area contributed by atoms with E-state index in [4.69, 9.17) is 4.74 Å². The molecular weight excluding hydrogens is 434 g/mol. The van der Waals surface area contributed by atoms with Crippen LogP contribution in [0.15, 0.2) is 72.9 Å². The summed E-state index contributed by atoms with van der Waals surface area (Å²) in [5.74, 6) is 0.438. The molecule has 35 heavy (non-hydrogen) atoms. The number of benzene rings is 2. The molecule has 1 fully saturated rings. The zero-order valence-electron chi connectivity index (χ0n) is 20.5. The fourth-order valence-corrected chi connectivity index (χ4v) is 5.23. The Morgan fingerprint density at radius 1 is 0.914 bits per heavy atom. The predicted octanol–water partition coefficient (Wildman–Crippen LogP) is 5.00. The molecule has 2 aromatic carbocycles. The summed E-state index contributed by atoms with van der Waals surface area (Å²) in [6, 6.07) is 21.3. The number of carbonyl (C=O) groups is 1. The van der Waals surface area contributed by atoms with Gasteiger partial charge < -0.3 is 9.64 Å². The molecule has 5 nitrogen and oxygen atoms in total. The Bertz CT molecular complexity index is 1160. The highest BCUT2D eigenvalue weighted by Gasteiger charge is 2.23. The third kappa shape index (κ3) is 5.15. The van der Waals surface area contributed by atoms with E-state index in [-0.39, 0.29) is 5.97 Å². The number of hydrogen-bond donors (Lipinski definition) is 0. The molecule has 0 radical (unpaired) electrons. The molecule has 5 rings (SSSR count). The number of rotatable bonds is 6. The highest BCUT2D eigenvalue weighted by atomic mass is 16.5. The summed E-state index contributed by atoms with van der Waals surface area (Å²) >= 11 is 0. The van der Waals surface area contributed by atoms with E-state index in [9.17, 15) is 4.79 Å². The first-order valence-corrected chi connectivity index (χ1v) is 12.7. The van der Waals surface area contributed by atoms with Crippen molar-refractivity contribution in [3.63, 3.8) is 0 Å². The van der Waals surface area contributed by atoms with E-state index in [2.05, 4.69) is 69.4 Å². The number of carbonyl (C=O) groups excluding carboxylic acids is 1. The Kier molecular flexibility index (Phi) is 7.24. The van der Waals surface area contributed by atoms with Crippen LogP contribution in [0.3, 0.4) is 0 Å². The molecule has 0 unspecified atom stereocenters. The van der Waals surface area contributed by atoms with E-state index >= 15 is 0 Å². The van der Waals surface area contributed by atoms with Crippen LogP contribution in [-0.2, 0) is 17.6 Å². The first-order chi connectivity index (χ1) is 17.2. The molecule has 0 saturated carbocycles. The maximum absolute atomic E-state index is 12.4. The number of piperazine rings is 1. The van der Waals surface area contributed by atoms with Crippen LogP contribution < -0.4 is 4.90 Å². The minimum absolute atomic E-state index is 0.298. The van der Waals surface area contributed by atoms with Gasteiger partial charge in [0.15, 0.2) is 0 Å². The third-order valence-corrected chi connectivity index (χ3v) is 7.03. The molecule has 1 aliphatic heterocycles.